The van der Waals surface area contributed by atoms with Gasteiger partial charge in [0.25, 0.3) is 0 Å². The summed E-state index contributed by atoms with van der Waals surface area (Å²) in [5.74, 6) is 0. The maximum atomic E-state index is 6.87. The highest BCUT2D eigenvalue weighted by Crippen LogP contribution is 2.11. The Morgan fingerprint density at radius 3 is 2.33 bits per heavy atom. The number of nitrogens with one attached hydrogen (secondary N) is 1. The van der Waals surface area contributed by atoms with Crippen LogP contribution >= 0.6 is 28.7 Å². The van der Waals surface area contributed by atoms with Crippen molar-refractivity contribution in [3.05, 3.63) is 0 Å². The van der Waals surface area contributed by atoms with Crippen LogP contribution in [0.5, 0.6) is 0 Å². The van der Waals surface area contributed by atoms with Crippen LogP contribution in [-0.2, 0) is 0 Å². The molecule has 3 N–H and O–H groups in total. The summed E-state index contributed by atoms with van der Waals surface area (Å²) in [4.78, 5) is 0. The highest BCUT2D eigenvalue weighted by Gasteiger charge is 1.98. The number of thioether (sulfide) groups is 1. The first-order valence-electron chi connectivity index (χ1n) is 2.67. The molecule has 0 aliphatic heterocycles. The number of amidine groups is 1. The van der Waals surface area contributed by atoms with Crippen molar-refractivity contribution in [2.45, 2.75) is 25.5 Å². The minimum Gasteiger partial charge on any atom is -0.379 e. The van der Waals surface area contributed by atoms with Crippen molar-refractivity contribution in [1.82, 2.24) is 0 Å². The van der Waals surface area contributed by atoms with E-state index in [1.54, 1.807) is 0 Å². The van der Waals surface area contributed by atoms with E-state index in [0.717, 1.165) is 6.42 Å². The van der Waals surface area contributed by atoms with E-state index in [-0.39, 0.29) is 22.1 Å². The lowest BCUT2D eigenvalue weighted by Crippen LogP contribution is -2.08. The van der Waals surface area contributed by atoms with Gasteiger partial charge in [-0.15, -0.1) is 17.0 Å². The zero-order valence-electron chi connectivity index (χ0n) is 5.68. The average Bonchev–Trinajstić information content (AvgIpc) is 1.65. The van der Waals surface area contributed by atoms with Crippen LogP contribution in [0.25, 0.3) is 0 Å². The third kappa shape index (κ3) is 8.30. The van der Waals surface area contributed by atoms with E-state index in [9.17, 15) is 0 Å². The highest BCUT2D eigenvalue weighted by atomic mass is 79.9. The Morgan fingerprint density at radius 1 is 1.78 bits per heavy atom. The molecule has 1 atom stereocenters. The topological polar surface area (TPSA) is 49.9 Å². The van der Waals surface area contributed by atoms with Gasteiger partial charge in [-0.25, -0.2) is 0 Å². The maximum absolute atomic E-state index is 6.87. The lowest BCUT2D eigenvalue weighted by Gasteiger charge is -2.03. The van der Waals surface area contributed by atoms with Gasteiger partial charge in [-0.1, -0.05) is 25.6 Å². The molecule has 0 amide bonds. The average molecular weight is 213 g/mol. The van der Waals surface area contributed by atoms with Gasteiger partial charge in [0.2, 0.25) is 0 Å². The third-order valence-corrected chi connectivity index (χ3v) is 1.89. The predicted octanol–water partition coefficient (Wildman–Crippen LogP) is 1.99. The summed E-state index contributed by atoms with van der Waals surface area (Å²) in [6.45, 7) is 4.15. The van der Waals surface area contributed by atoms with Crippen LogP contribution in [0, 0.1) is 5.41 Å². The van der Waals surface area contributed by atoms with Crippen LogP contribution in [0.1, 0.15) is 20.3 Å². The first-order valence-corrected chi connectivity index (χ1v) is 3.55. The minimum absolute atomic E-state index is 0. The molecular formula is C5H13BrN2S. The van der Waals surface area contributed by atoms with E-state index >= 15 is 0 Å². The molecule has 0 aliphatic rings. The first kappa shape index (κ1) is 12.0. The van der Waals surface area contributed by atoms with Crippen LogP contribution < -0.4 is 5.73 Å². The maximum Gasteiger partial charge on any atom is 0.151 e. The molecule has 0 rings (SSSR count). The standard InChI is InChI=1S/C5H12N2S.BrH/c1-3-4(2)8-5(6)7;/h4H,3H2,1-2H3,(H3,6,7);1H. The first-order chi connectivity index (χ1) is 3.66. The number of hydrogen-bond acceptors (Lipinski definition) is 2. The molecule has 0 radical (unpaired) electrons. The summed E-state index contributed by atoms with van der Waals surface area (Å²) in [6, 6.07) is 0. The summed E-state index contributed by atoms with van der Waals surface area (Å²) in [6.07, 6.45) is 1.07. The number of nitrogens with two attached hydrogens (primary N) is 1. The molecule has 0 saturated heterocycles. The van der Waals surface area contributed by atoms with E-state index in [4.69, 9.17) is 11.1 Å². The van der Waals surface area contributed by atoms with E-state index in [1.165, 1.54) is 11.8 Å². The van der Waals surface area contributed by atoms with Crippen molar-refractivity contribution < 1.29 is 0 Å². The number of halogens is 1. The molecule has 0 saturated carbocycles. The fourth-order valence-electron chi connectivity index (χ4n) is 0.300. The smallest absolute Gasteiger partial charge is 0.151 e. The van der Waals surface area contributed by atoms with E-state index < -0.39 is 0 Å². The largest absolute Gasteiger partial charge is 0.379 e. The minimum atomic E-state index is 0. The number of hydrogen-bond donors (Lipinski definition) is 2. The van der Waals surface area contributed by atoms with Crippen molar-refractivity contribution in [3.63, 3.8) is 0 Å². The van der Waals surface area contributed by atoms with Crippen molar-refractivity contribution in [2.24, 2.45) is 5.73 Å². The highest BCUT2D eigenvalue weighted by molar-refractivity contribution is 8.93. The molecule has 4 heteroatoms. The summed E-state index contributed by atoms with van der Waals surface area (Å²) < 4.78 is 0. The summed E-state index contributed by atoms with van der Waals surface area (Å²) in [7, 11) is 0. The normalized spacial score (nSPS) is 11.8. The Hall–Kier alpha value is 0.300. The lowest BCUT2D eigenvalue weighted by molar-refractivity contribution is 0.910. The molecule has 1 unspecified atom stereocenters. The molecular weight excluding hydrogens is 200 g/mol. The molecule has 0 fully saturated rings. The zero-order valence-corrected chi connectivity index (χ0v) is 8.21. The number of rotatable bonds is 2. The van der Waals surface area contributed by atoms with Crippen molar-refractivity contribution in [2.75, 3.05) is 0 Å². The Labute approximate surface area is 70.9 Å². The van der Waals surface area contributed by atoms with Crippen molar-refractivity contribution in [3.8, 4) is 0 Å². The Balaban J connectivity index is 0. The molecule has 0 heterocycles. The molecule has 56 valence electrons. The van der Waals surface area contributed by atoms with Gasteiger partial charge < -0.3 is 5.73 Å². The second kappa shape index (κ2) is 6.42. The van der Waals surface area contributed by atoms with Crippen LogP contribution in [0.4, 0.5) is 0 Å². The lowest BCUT2D eigenvalue weighted by atomic mass is 10.4. The fraction of sp³-hybridized carbons (Fsp3) is 0.800. The van der Waals surface area contributed by atoms with Crippen LogP contribution in [0.15, 0.2) is 0 Å². The second-order valence-electron chi connectivity index (χ2n) is 1.70. The molecule has 0 aliphatic carbocycles. The van der Waals surface area contributed by atoms with Gasteiger partial charge in [0.1, 0.15) is 0 Å². The van der Waals surface area contributed by atoms with Gasteiger partial charge >= 0.3 is 0 Å². The Kier molecular flexibility index (Phi) is 8.58. The van der Waals surface area contributed by atoms with Gasteiger partial charge in [-0.3, -0.25) is 5.41 Å². The van der Waals surface area contributed by atoms with Gasteiger partial charge in [0.15, 0.2) is 5.17 Å². The predicted molar refractivity (Wildman–Crippen MR) is 49.6 cm³/mol. The molecule has 0 spiro atoms. The van der Waals surface area contributed by atoms with Gasteiger partial charge in [-0.2, -0.15) is 0 Å². The van der Waals surface area contributed by atoms with Crippen LogP contribution in [0.3, 0.4) is 0 Å². The fourth-order valence-corrected chi connectivity index (χ4v) is 0.900. The van der Waals surface area contributed by atoms with E-state index in [2.05, 4.69) is 13.8 Å². The zero-order chi connectivity index (χ0) is 6.57. The second-order valence-corrected chi connectivity index (χ2v) is 3.18. The van der Waals surface area contributed by atoms with E-state index in [1.807, 2.05) is 0 Å². The molecule has 2 nitrogen and oxygen atoms in total. The van der Waals surface area contributed by atoms with Gasteiger partial charge in [0, 0.05) is 5.25 Å². The Bertz CT molecular complexity index is 87.0. The molecule has 0 aromatic carbocycles. The molecule has 0 aromatic heterocycles. The van der Waals surface area contributed by atoms with Crippen LogP contribution in [0.2, 0.25) is 0 Å². The van der Waals surface area contributed by atoms with Gasteiger partial charge in [0.05, 0.1) is 0 Å². The molecule has 9 heavy (non-hydrogen) atoms. The van der Waals surface area contributed by atoms with Crippen LogP contribution in [-0.4, -0.2) is 10.4 Å². The van der Waals surface area contributed by atoms with E-state index in [0.29, 0.717) is 5.25 Å². The summed E-state index contributed by atoms with van der Waals surface area (Å²) in [5, 5.41) is 7.58. The van der Waals surface area contributed by atoms with Crippen molar-refractivity contribution in [1.29, 1.82) is 5.41 Å². The molecule has 0 aromatic rings. The summed E-state index contributed by atoms with van der Waals surface area (Å²) >= 11 is 1.42. The quantitative estimate of drug-likeness (QED) is 0.544. The van der Waals surface area contributed by atoms with Gasteiger partial charge in [-0.05, 0) is 6.42 Å². The SMILES string of the molecule is Br.CCC(C)SC(=N)N. The molecule has 0 bridgehead atoms. The third-order valence-electron chi connectivity index (χ3n) is 0.903. The Morgan fingerprint density at radius 2 is 2.22 bits per heavy atom. The van der Waals surface area contributed by atoms with Crippen molar-refractivity contribution >= 4 is 33.9 Å². The summed E-state index contributed by atoms with van der Waals surface area (Å²) in [5.41, 5.74) is 5.12. The monoisotopic (exact) mass is 212 g/mol.